The molecule has 1 aromatic carbocycles. The molecule has 22 heavy (non-hydrogen) atoms. The number of anilines is 1. The third-order valence-corrected chi connectivity index (χ3v) is 3.41. The van der Waals surface area contributed by atoms with E-state index in [1.165, 1.54) is 26.1 Å². The van der Waals surface area contributed by atoms with Crippen LogP contribution >= 0.6 is 9.39 Å². The molecule has 0 aliphatic rings. The second-order valence-corrected chi connectivity index (χ2v) is 5.51. The van der Waals surface area contributed by atoms with Crippen molar-refractivity contribution in [3.05, 3.63) is 29.8 Å². The van der Waals surface area contributed by atoms with E-state index in [1.54, 1.807) is 23.9 Å². The van der Waals surface area contributed by atoms with E-state index >= 15 is 0 Å². The minimum absolute atomic E-state index is 0.226. The van der Waals surface area contributed by atoms with Crippen molar-refractivity contribution in [2.24, 2.45) is 10.3 Å². The Hall–Kier alpha value is -1.85. The van der Waals surface area contributed by atoms with Crippen LogP contribution in [0.1, 0.15) is 12.5 Å². The number of likely N-dealkylation sites (N-methyl/N-ethyl adjacent to an activating group) is 1. The van der Waals surface area contributed by atoms with Crippen LogP contribution < -0.4 is 5.01 Å². The van der Waals surface area contributed by atoms with Gasteiger partial charge in [0.2, 0.25) is 5.91 Å². The molecule has 1 rings (SSSR count). The van der Waals surface area contributed by atoms with E-state index in [0.717, 1.165) is 5.56 Å². The first-order valence-electron chi connectivity index (χ1n) is 6.65. The lowest BCUT2D eigenvalue weighted by molar-refractivity contribution is -0.144. The standard InChI is InChI=1S/C14H21N4O3P/c1-10(19)18(16-15-2)12-7-5-11(6-8-12)9-13(17(3)22)14(20)21-4/h5-8,13H,9,22H2,1-4H3/t13-/m0/s1. The molecule has 1 amide bonds. The number of carbonyl (C=O) groups excluding carboxylic acids is 2. The van der Waals surface area contributed by atoms with Crippen LogP contribution in [-0.4, -0.2) is 43.8 Å². The Bertz CT molecular complexity index is 546. The Kier molecular flexibility index (Phi) is 7.08. The van der Waals surface area contributed by atoms with E-state index in [1.807, 2.05) is 12.1 Å². The molecule has 0 fully saturated rings. The summed E-state index contributed by atoms with van der Waals surface area (Å²) in [6.07, 6.45) is 0.502. The number of benzene rings is 1. The highest BCUT2D eigenvalue weighted by Gasteiger charge is 2.22. The summed E-state index contributed by atoms with van der Waals surface area (Å²) in [4.78, 5) is 23.3. The average molecular weight is 324 g/mol. The van der Waals surface area contributed by atoms with Crippen LogP contribution in [0.25, 0.3) is 0 Å². The largest absolute Gasteiger partial charge is 0.468 e. The van der Waals surface area contributed by atoms with Gasteiger partial charge >= 0.3 is 5.97 Å². The maximum Gasteiger partial charge on any atom is 0.323 e. The smallest absolute Gasteiger partial charge is 0.323 e. The molecule has 1 aromatic rings. The number of methoxy groups -OCH3 is 1. The Morgan fingerprint density at radius 2 is 1.91 bits per heavy atom. The molecule has 0 radical (unpaired) electrons. The van der Waals surface area contributed by atoms with Crippen molar-refractivity contribution < 1.29 is 14.3 Å². The first kappa shape index (κ1) is 18.2. The molecule has 0 saturated carbocycles. The van der Waals surface area contributed by atoms with E-state index in [0.29, 0.717) is 12.1 Å². The average Bonchev–Trinajstić information content (AvgIpc) is 2.49. The van der Waals surface area contributed by atoms with Crippen molar-refractivity contribution in [2.75, 3.05) is 26.2 Å². The normalized spacial score (nSPS) is 12.5. The van der Waals surface area contributed by atoms with Crippen LogP contribution in [0.4, 0.5) is 5.69 Å². The molecule has 0 saturated heterocycles. The predicted octanol–water partition coefficient (Wildman–Crippen LogP) is 1.84. The molecule has 0 aromatic heterocycles. The van der Waals surface area contributed by atoms with Crippen molar-refractivity contribution in [1.82, 2.24) is 4.67 Å². The first-order chi connectivity index (χ1) is 10.4. The summed E-state index contributed by atoms with van der Waals surface area (Å²) in [6.45, 7) is 1.42. The second kappa shape index (κ2) is 8.56. The topological polar surface area (TPSA) is 74.6 Å². The van der Waals surface area contributed by atoms with Crippen LogP contribution in [-0.2, 0) is 20.7 Å². The molecule has 120 valence electrons. The van der Waals surface area contributed by atoms with E-state index in [4.69, 9.17) is 4.74 Å². The zero-order chi connectivity index (χ0) is 16.7. The monoisotopic (exact) mass is 324 g/mol. The van der Waals surface area contributed by atoms with Crippen molar-refractivity contribution in [3.8, 4) is 0 Å². The Morgan fingerprint density at radius 1 is 1.32 bits per heavy atom. The lowest BCUT2D eigenvalue weighted by Gasteiger charge is -2.21. The van der Waals surface area contributed by atoms with Gasteiger partial charge in [-0.05, 0) is 31.2 Å². The Morgan fingerprint density at radius 3 is 2.32 bits per heavy atom. The molecule has 0 aliphatic carbocycles. The van der Waals surface area contributed by atoms with Gasteiger partial charge in [0, 0.05) is 6.92 Å². The summed E-state index contributed by atoms with van der Waals surface area (Å²) in [5.41, 5.74) is 1.57. The van der Waals surface area contributed by atoms with Crippen molar-refractivity contribution in [3.63, 3.8) is 0 Å². The molecule has 2 atom stereocenters. The second-order valence-electron chi connectivity index (χ2n) is 4.70. The van der Waals surface area contributed by atoms with Gasteiger partial charge in [0.15, 0.2) is 0 Å². The van der Waals surface area contributed by atoms with Gasteiger partial charge < -0.3 is 4.74 Å². The number of hydrogen-bond acceptors (Lipinski definition) is 6. The maximum atomic E-state index is 11.7. The van der Waals surface area contributed by atoms with E-state index in [9.17, 15) is 9.59 Å². The zero-order valence-corrected chi connectivity index (χ0v) is 14.3. The fraction of sp³-hybridized carbons (Fsp3) is 0.429. The van der Waals surface area contributed by atoms with E-state index in [-0.39, 0.29) is 17.9 Å². The van der Waals surface area contributed by atoms with Crippen LogP contribution in [0.5, 0.6) is 0 Å². The molecule has 7 nitrogen and oxygen atoms in total. The predicted molar refractivity (Wildman–Crippen MR) is 87.4 cm³/mol. The highest BCUT2D eigenvalue weighted by Crippen LogP contribution is 2.19. The number of rotatable bonds is 6. The van der Waals surface area contributed by atoms with Gasteiger partial charge in [0.05, 0.1) is 19.8 Å². The Labute approximate surface area is 132 Å². The van der Waals surface area contributed by atoms with Gasteiger partial charge in [-0.2, -0.15) is 10.1 Å². The number of ether oxygens (including phenoxy) is 1. The lowest BCUT2D eigenvalue weighted by Crippen LogP contribution is -2.35. The van der Waals surface area contributed by atoms with Gasteiger partial charge in [-0.15, -0.1) is 0 Å². The fourth-order valence-electron chi connectivity index (χ4n) is 1.91. The fourth-order valence-corrected chi connectivity index (χ4v) is 2.14. The van der Waals surface area contributed by atoms with Gasteiger partial charge in [0.25, 0.3) is 0 Å². The number of hydrogen-bond donors (Lipinski definition) is 0. The molecule has 0 aliphatic heterocycles. The number of amides is 1. The quantitative estimate of drug-likeness (QED) is 0.346. The first-order valence-corrected chi connectivity index (χ1v) is 7.17. The summed E-state index contributed by atoms with van der Waals surface area (Å²) in [5.74, 6) is -0.526. The zero-order valence-electron chi connectivity index (χ0n) is 13.2. The van der Waals surface area contributed by atoms with Crippen molar-refractivity contribution >= 4 is 27.0 Å². The van der Waals surface area contributed by atoms with Crippen LogP contribution in [0.15, 0.2) is 34.6 Å². The molecule has 0 heterocycles. The molecule has 0 bridgehead atoms. The van der Waals surface area contributed by atoms with Gasteiger partial charge in [0.1, 0.15) is 6.04 Å². The van der Waals surface area contributed by atoms with Crippen molar-refractivity contribution in [2.45, 2.75) is 19.4 Å². The molecular weight excluding hydrogens is 303 g/mol. The summed E-state index contributed by atoms with van der Waals surface area (Å²) < 4.78 is 6.53. The summed E-state index contributed by atoms with van der Waals surface area (Å²) in [6, 6.07) is 6.84. The minimum atomic E-state index is -0.389. The molecule has 8 heteroatoms. The number of nitrogens with zero attached hydrogens (tertiary/aromatic N) is 4. The minimum Gasteiger partial charge on any atom is -0.468 e. The van der Waals surface area contributed by atoms with E-state index in [2.05, 4.69) is 19.7 Å². The summed E-state index contributed by atoms with van der Waals surface area (Å²) >= 11 is 0. The highest BCUT2D eigenvalue weighted by molar-refractivity contribution is 7.13. The third-order valence-electron chi connectivity index (χ3n) is 3.05. The maximum absolute atomic E-state index is 11.7. The summed E-state index contributed by atoms with van der Waals surface area (Å²) in [5, 5.41) is 8.61. The van der Waals surface area contributed by atoms with Crippen molar-refractivity contribution in [1.29, 1.82) is 0 Å². The Balaban J connectivity index is 2.92. The molecule has 0 N–H and O–H groups in total. The SMILES string of the molecule is CN=NN(C(C)=O)c1ccc(C[C@@H](C(=O)OC)N(C)P)cc1. The van der Waals surface area contributed by atoms with Gasteiger partial charge in [-0.25, -0.2) is 0 Å². The molecular formula is C14H21N4O3P. The molecule has 0 spiro atoms. The van der Waals surface area contributed by atoms with Crippen LogP contribution in [0.3, 0.4) is 0 Å². The van der Waals surface area contributed by atoms with E-state index < -0.39 is 0 Å². The van der Waals surface area contributed by atoms with Crippen LogP contribution in [0.2, 0.25) is 0 Å². The van der Waals surface area contributed by atoms with Gasteiger partial charge in [-0.3, -0.25) is 14.3 Å². The highest BCUT2D eigenvalue weighted by atomic mass is 31.0. The number of esters is 1. The molecule has 1 unspecified atom stereocenters. The number of carbonyl (C=O) groups is 2. The lowest BCUT2D eigenvalue weighted by atomic mass is 10.1. The van der Waals surface area contributed by atoms with Gasteiger partial charge in [-0.1, -0.05) is 26.7 Å². The summed E-state index contributed by atoms with van der Waals surface area (Å²) in [7, 11) is 7.13. The third kappa shape index (κ3) is 4.86. The van der Waals surface area contributed by atoms with Crippen LogP contribution in [0, 0.1) is 0 Å².